The Balaban J connectivity index is 1.59. The van der Waals surface area contributed by atoms with E-state index in [1.54, 1.807) is 24.3 Å². The van der Waals surface area contributed by atoms with Gasteiger partial charge in [0.1, 0.15) is 23.3 Å². The predicted octanol–water partition coefficient (Wildman–Crippen LogP) is 4.55. The molecule has 3 aliphatic rings. The van der Waals surface area contributed by atoms with E-state index in [-0.39, 0.29) is 36.0 Å². The quantitative estimate of drug-likeness (QED) is 0.446. The summed E-state index contributed by atoms with van der Waals surface area (Å²) in [5.74, 6) is -3.59. The zero-order valence-electron chi connectivity index (χ0n) is 19.7. The van der Waals surface area contributed by atoms with Gasteiger partial charge in [-0.2, -0.15) is 13.2 Å². The van der Waals surface area contributed by atoms with Crippen LogP contribution in [0.1, 0.15) is 31.7 Å². The van der Waals surface area contributed by atoms with Gasteiger partial charge in [0.2, 0.25) is 0 Å². The molecule has 0 bridgehead atoms. The number of nitrogens with two attached hydrogens (primary N) is 1. The molecule has 2 aromatic carbocycles. The molecule has 0 aromatic heterocycles. The average Bonchev–Trinajstić information content (AvgIpc) is 3.02. The van der Waals surface area contributed by atoms with Crippen molar-refractivity contribution in [1.29, 1.82) is 0 Å². The molecule has 2 aromatic rings. The number of amides is 1. The number of nitrogens with zero attached hydrogens (tertiary/aromatic N) is 2. The second-order valence-corrected chi connectivity index (χ2v) is 10.2. The molecular weight excluding hydrogens is 518 g/mol. The molecule has 5 rings (SSSR count). The first-order valence-electron chi connectivity index (χ1n) is 11.4. The number of guanidine groups is 1. The van der Waals surface area contributed by atoms with Gasteiger partial charge in [0.25, 0.3) is 5.91 Å². The molecule has 1 spiro atoms. The Morgan fingerprint density at radius 1 is 1.24 bits per heavy atom. The van der Waals surface area contributed by atoms with Crippen molar-refractivity contribution < 1.29 is 36.6 Å². The second kappa shape index (κ2) is 8.34. The summed E-state index contributed by atoms with van der Waals surface area (Å²) < 4.78 is 63.8. The van der Waals surface area contributed by atoms with Crippen molar-refractivity contribution in [3.8, 4) is 16.9 Å². The molecule has 37 heavy (non-hydrogen) atoms. The van der Waals surface area contributed by atoms with Gasteiger partial charge in [-0.25, -0.2) is 14.2 Å². The van der Waals surface area contributed by atoms with Crippen LogP contribution in [0.4, 0.5) is 17.6 Å². The number of likely N-dealkylation sites (N-methyl/N-ethyl adjacent to an activating group) is 1. The Labute approximate surface area is 214 Å². The van der Waals surface area contributed by atoms with Gasteiger partial charge >= 0.3 is 12.1 Å². The van der Waals surface area contributed by atoms with E-state index in [9.17, 15) is 27.2 Å². The summed E-state index contributed by atoms with van der Waals surface area (Å²) in [5.41, 5.74) is 4.51. The topological polar surface area (TPSA) is 94.2 Å². The molecule has 196 valence electrons. The van der Waals surface area contributed by atoms with Crippen molar-refractivity contribution >= 4 is 29.4 Å². The van der Waals surface area contributed by atoms with Crippen LogP contribution in [0.2, 0.25) is 5.02 Å². The summed E-state index contributed by atoms with van der Waals surface area (Å²) in [6.45, 7) is 1.41. The van der Waals surface area contributed by atoms with Crippen LogP contribution in [0.25, 0.3) is 11.1 Å². The highest BCUT2D eigenvalue weighted by atomic mass is 35.5. The Morgan fingerprint density at radius 2 is 1.97 bits per heavy atom. The minimum atomic E-state index is -5.14. The fraction of sp³-hybridized carbons (Fsp3) is 0.400. The maximum Gasteiger partial charge on any atom is 0.490 e. The summed E-state index contributed by atoms with van der Waals surface area (Å²) in [4.78, 5) is 31.1. The maximum absolute atomic E-state index is 14.1. The molecule has 2 heterocycles. The van der Waals surface area contributed by atoms with Crippen molar-refractivity contribution in [3.05, 3.63) is 52.8 Å². The summed E-state index contributed by atoms with van der Waals surface area (Å²) in [6.07, 6.45) is -5.82. The van der Waals surface area contributed by atoms with Crippen LogP contribution >= 0.6 is 11.6 Å². The lowest BCUT2D eigenvalue weighted by Crippen LogP contribution is -2.57. The number of fused-ring (bicyclic) bond motifs is 4. The van der Waals surface area contributed by atoms with E-state index in [0.29, 0.717) is 16.7 Å². The predicted molar refractivity (Wildman–Crippen MR) is 125 cm³/mol. The summed E-state index contributed by atoms with van der Waals surface area (Å²) in [7, 11) is 1.48. The summed E-state index contributed by atoms with van der Waals surface area (Å²) >= 11 is 6.04. The molecule has 4 atom stereocenters. The van der Waals surface area contributed by atoms with Crippen LogP contribution < -0.4 is 10.5 Å². The number of hydrogen-bond donors (Lipinski definition) is 1. The number of rotatable bonds is 2. The highest BCUT2D eigenvalue weighted by Crippen LogP contribution is 2.55. The molecule has 1 amide bonds. The van der Waals surface area contributed by atoms with E-state index in [1.807, 2.05) is 0 Å². The Bertz CT molecular complexity index is 1330. The lowest BCUT2D eigenvalue weighted by atomic mass is 9.64. The fourth-order valence-electron chi connectivity index (χ4n) is 5.57. The number of carbonyl (C=O) groups excluding carboxylic acids is 2. The highest BCUT2D eigenvalue weighted by molar-refractivity contribution is 6.30. The molecule has 12 heteroatoms. The Morgan fingerprint density at radius 3 is 2.59 bits per heavy atom. The molecular formula is C25H22ClF4N3O4. The first-order chi connectivity index (χ1) is 17.2. The smallest absolute Gasteiger partial charge is 0.489 e. The van der Waals surface area contributed by atoms with Crippen molar-refractivity contribution in [2.75, 3.05) is 7.05 Å². The largest absolute Gasteiger partial charge is 0.490 e. The van der Waals surface area contributed by atoms with Gasteiger partial charge in [0.05, 0.1) is 0 Å². The molecule has 2 aliphatic heterocycles. The molecule has 0 saturated heterocycles. The van der Waals surface area contributed by atoms with Crippen LogP contribution in [-0.2, 0) is 19.9 Å². The van der Waals surface area contributed by atoms with Gasteiger partial charge < -0.3 is 15.2 Å². The van der Waals surface area contributed by atoms with E-state index >= 15 is 0 Å². The normalized spacial score (nSPS) is 28.9. The number of halogens is 5. The molecule has 1 aliphatic carbocycles. The number of alkyl halides is 3. The summed E-state index contributed by atoms with van der Waals surface area (Å²) in [5, 5.41) is 0.192. The minimum absolute atomic E-state index is 0.0207. The van der Waals surface area contributed by atoms with E-state index in [1.165, 1.54) is 31.0 Å². The number of ether oxygens (including phenoxy) is 2. The SMILES string of the molecule is CN1C(=O)C2(N=C1N)c1cc(-c3cc(F)cc(Cl)c3)ccc1OC1CC(C)(OC(=O)C(F)(F)F)CCC12. The van der Waals surface area contributed by atoms with E-state index in [2.05, 4.69) is 4.99 Å². The van der Waals surface area contributed by atoms with E-state index in [4.69, 9.17) is 26.8 Å². The van der Waals surface area contributed by atoms with Gasteiger partial charge in [-0.1, -0.05) is 17.7 Å². The third kappa shape index (κ3) is 4.09. The standard InChI is InChI=1S/C25H22ClF4N3O4/c1-23(37-21(35)25(28,29)30)6-5-16-19(11-23)36-18-4-3-12(13-7-14(26)10-15(27)8-13)9-17(18)24(16)20(34)33(2)22(31)32-24/h3-4,7-10,16,19H,5-6,11H2,1-2H3,(H2,31,32). The van der Waals surface area contributed by atoms with Crippen molar-refractivity contribution in [2.24, 2.45) is 16.6 Å². The number of esters is 1. The van der Waals surface area contributed by atoms with Crippen molar-refractivity contribution in [1.82, 2.24) is 4.90 Å². The second-order valence-electron chi connectivity index (χ2n) is 9.81. The minimum Gasteiger partial charge on any atom is -0.489 e. The zero-order valence-corrected chi connectivity index (χ0v) is 20.5. The van der Waals surface area contributed by atoms with Gasteiger partial charge in [-0.15, -0.1) is 0 Å². The number of carbonyl (C=O) groups is 2. The van der Waals surface area contributed by atoms with E-state index in [0.717, 1.165) is 0 Å². The average molecular weight is 540 g/mol. The van der Waals surface area contributed by atoms with Gasteiger partial charge in [-0.05, 0) is 61.2 Å². The van der Waals surface area contributed by atoms with Gasteiger partial charge in [0.15, 0.2) is 11.5 Å². The maximum atomic E-state index is 14.1. The van der Waals surface area contributed by atoms with Gasteiger partial charge in [-0.3, -0.25) is 9.69 Å². The van der Waals surface area contributed by atoms with Gasteiger partial charge in [0, 0.05) is 30.0 Å². The molecule has 2 N–H and O–H groups in total. The third-order valence-electron chi connectivity index (χ3n) is 7.30. The molecule has 7 nitrogen and oxygen atoms in total. The zero-order chi connectivity index (χ0) is 26.9. The molecule has 1 saturated carbocycles. The van der Waals surface area contributed by atoms with Crippen LogP contribution in [0, 0.1) is 11.7 Å². The first-order valence-corrected chi connectivity index (χ1v) is 11.8. The van der Waals surface area contributed by atoms with Crippen molar-refractivity contribution in [2.45, 2.75) is 49.6 Å². The Kier molecular flexibility index (Phi) is 5.70. The third-order valence-corrected chi connectivity index (χ3v) is 7.52. The molecule has 4 unspecified atom stereocenters. The van der Waals surface area contributed by atoms with Crippen molar-refractivity contribution in [3.63, 3.8) is 0 Å². The van der Waals surface area contributed by atoms with Crippen LogP contribution in [-0.4, -0.2) is 47.7 Å². The van der Waals surface area contributed by atoms with Crippen LogP contribution in [0.3, 0.4) is 0 Å². The monoisotopic (exact) mass is 539 g/mol. The molecule has 1 fully saturated rings. The Hall–Kier alpha value is -3.34. The van der Waals surface area contributed by atoms with Crippen LogP contribution in [0.15, 0.2) is 41.4 Å². The first kappa shape index (κ1) is 25.3. The summed E-state index contributed by atoms with van der Waals surface area (Å²) in [6, 6.07) is 8.96. The van der Waals surface area contributed by atoms with E-state index < -0.39 is 47.0 Å². The lowest BCUT2D eigenvalue weighted by Gasteiger charge is -2.50. The number of hydrogen-bond acceptors (Lipinski definition) is 6. The van der Waals surface area contributed by atoms with Crippen LogP contribution in [0.5, 0.6) is 5.75 Å². The lowest BCUT2D eigenvalue weighted by molar-refractivity contribution is -0.219. The number of aliphatic imine (C=N–C) groups is 1. The highest BCUT2D eigenvalue weighted by Gasteiger charge is 2.62. The molecule has 0 radical (unpaired) electrons. The fourth-order valence-corrected chi connectivity index (χ4v) is 5.79. The number of benzene rings is 2.